The van der Waals surface area contributed by atoms with Crippen LogP contribution in [0.1, 0.15) is 11.1 Å². The van der Waals surface area contributed by atoms with Gasteiger partial charge in [0.05, 0.1) is 6.54 Å². The second-order valence-corrected chi connectivity index (χ2v) is 6.16. The molecule has 0 aliphatic rings. The summed E-state index contributed by atoms with van der Waals surface area (Å²) in [5.41, 5.74) is 2.20. The molecule has 3 aromatic rings. The van der Waals surface area contributed by atoms with Crippen LogP contribution in [0.3, 0.4) is 0 Å². The van der Waals surface area contributed by atoms with Gasteiger partial charge in [-0.25, -0.2) is 0 Å². The summed E-state index contributed by atoms with van der Waals surface area (Å²) < 4.78 is 11.4. The Labute approximate surface area is 153 Å². The summed E-state index contributed by atoms with van der Waals surface area (Å²) in [6, 6.07) is 19.8. The van der Waals surface area contributed by atoms with Crippen LogP contribution < -0.4 is 14.8 Å². The lowest BCUT2D eigenvalue weighted by molar-refractivity contribution is -0.123. The topological polar surface area (TPSA) is 47.6 Å². The van der Waals surface area contributed by atoms with Crippen LogP contribution in [0.15, 0.2) is 60.7 Å². The highest BCUT2D eigenvalue weighted by molar-refractivity contribution is 5.88. The quantitative estimate of drug-likeness (QED) is 0.655. The van der Waals surface area contributed by atoms with Crippen LogP contribution in [0.25, 0.3) is 10.8 Å². The fraction of sp³-hybridized carbons (Fsp3) is 0.227. The highest BCUT2D eigenvalue weighted by Gasteiger charge is 2.06. The molecule has 0 unspecified atom stereocenters. The molecule has 0 aliphatic carbocycles. The zero-order chi connectivity index (χ0) is 18.4. The Balaban J connectivity index is 1.44. The molecular formula is C22H23NO3. The third-order valence-corrected chi connectivity index (χ3v) is 4.35. The average molecular weight is 349 g/mol. The fourth-order valence-corrected chi connectivity index (χ4v) is 2.75. The molecule has 134 valence electrons. The summed E-state index contributed by atoms with van der Waals surface area (Å²) in [5.74, 6) is 1.41. The maximum atomic E-state index is 11.9. The number of benzene rings is 3. The third kappa shape index (κ3) is 4.33. The standard InChI is InChI=1S/C22H23NO3/c1-16-7-5-11-20(17(16)2)26-15-22(24)23-13-14-25-21-12-6-9-18-8-3-4-10-19(18)21/h3-12H,13-15H2,1-2H3,(H,23,24). The number of hydrogen-bond acceptors (Lipinski definition) is 3. The molecule has 3 rings (SSSR count). The fourth-order valence-electron chi connectivity index (χ4n) is 2.75. The Morgan fingerprint density at radius 3 is 2.50 bits per heavy atom. The summed E-state index contributed by atoms with van der Waals surface area (Å²) in [7, 11) is 0. The lowest BCUT2D eigenvalue weighted by atomic mass is 10.1. The number of ether oxygens (including phenoxy) is 2. The molecule has 0 aliphatic heterocycles. The van der Waals surface area contributed by atoms with Gasteiger partial charge < -0.3 is 14.8 Å². The molecule has 4 nitrogen and oxygen atoms in total. The Kier molecular flexibility index (Phi) is 5.74. The molecule has 0 aromatic heterocycles. The van der Waals surface area contributed by atoms with Crippen molar-refractivity contribution in [1.29, 1.82) is 0 Å². The number of nitrogens with one attached hydrogen (secondary N) is 1. The summed E-state index contributed by atoms with van der Waals surface area (Å²) in [6.45, 7) is 4.84. The zero-order valence-corrected chi connectivity index (χ0v) is 15.1. The molecule has 0 fully saturated rings. The van der Waals surface area contributed by atoms with Gasteiger partial charge in [0.2, 0.25) is 0 Å². The summed E-state index contributed by atoms with van der Waals surface area (Å²) in [4.78, 5) is 11.9. The van der Waals surface area contributed by atoms with Crippen LogP contribution in [0.5, 0.6) is 11.5 Å². The van der Waals surface area contributed by atoms with Crippen molar-refractivity contribution in [2.45, 2.75) is 13.8 Å². The Morgan fingerprint density at radius 2 is 1.62 bits per heavy atom. The summed E-state index contributed by atoms with van der Waals surface area (Å²) in [6.07, 6.45) is 0. The highest BCUT2D eigenvalue weighted by Crippen LogP contribution is 2.25. The number of rotatable bonds is 7. The van der Waals surface area contributed by atoms with Crippen LogP contribution in [0.2, 0.25) is 0 Å². The van der Waals surface area contributed by atoms with Crippen LogP contribution in [-0.2, 0) is 4.79 Å². The molecule has 0 radical (unpaired) electrons. The number of fused-ring (bicyclic) bond motifs is 1. The second-order valence-electron chi connectivity index (χ2n) is 6.16. The van der Waals surface area contributed by atoms with Crippen molar-refractivity contribution in [1.82, 2.24) is 5.32 Å². The van der Waals surface area contributed by atoms with Crippen molar-refractivity contribution in [2.75, 3.05) is 19.8 Å². The molecule has 4 heteroatoms. The maximum absolute atomic E-state index is 11.9. The van der Waals surface area contributed by atoms with E-state index in [1.54, 1.807) is 0 Å². The minimum absolute atomic E-state index is 0.00143. The van der Waals surface area contributed by atoms with Crippen molar-refractivity contribution in [2.24, 2.45) is 0 Å². The van der Waals surface area contributed by atoms with Crippen molar-refractivity contribution in [3.63, 3.8) is 0 Å². The third-order valence-electron chi connectivity index (χ3n) is 4.35. The van der Waals surface area contributed by atoms with E-state index in [0.717, 1.165) is 33.4 Å². The first-order valence-electron chi connectivity index (χ1n) is 8.71. The van der Waals surface area contributed by atoms with Crippen molar-refractivity contribution < 1.29 is 14.3 Å². The molecule has 0 saturated carbocycles. The minimum atomic E-state index is -0.160. The SMILES string of the molecule is Cc1cccc(OCC(=O)NCCOc2cccc3ccccc23)c1C. The molecular weight excluding hydrogens is 326 g/mol. The first-order chi connectivity index (χ1) is 12.6. The van der Waals surface area contributed by atoms with E-state index in [4.69, 9.17) is 9.47 Å². The molecule has 1 amide bonds. The van der Waals surface area contributed by atoms with E-state index in [1.165, 1.54) is 0 Å². The average Bonchev–Trinajstić information content (AvgIpc) is 2.66. The number of carbonyl (C=O) groups excluding carboxylic acids is 1. The molecule has 3 aromatic carbocycles. The van der Waals surface area contributed by atoms with Crippen LogP contribution in [-0.4, -0.2) is 25.7 Å². The van der Waals surface area contributed by atoms with Crippen molar-refractivity contribution in [3.8, 4) is 11.5 Å². The van der Waals surface area contributed by atoms with E-state index in [1.807, 2.05) is 62.4 Å². The van der Waals surface area contributed by atoms with Crippen molar-refractivity contribution in [3.05, 3.63) is 71.8 Å². The predicted octanol–water partition coefficient (Wildman–Crippen LogP) is 4.03. The molecule has 0 bridgehead atoms. The molecule has 0 spiro atoms. The molecule has 0 heterocycles. The summed E-state index contributed by atoms with van der Waals surface area (Å²) in [5, 5.41) is 5.02. The van der Waals surface area contributed by atoms with E-state index in [2.05, 4.69) is 17.4 Å². The Morgan fingerprint density at radius 1 is 0.885 bits per heavy atom. The number of aryl methyl sites for hydroxylation is 1. The lowest BCUT2D eigenvalue weighted by Gasteiger charge is -2.12. The van der Waals surface area contributed by atoms with Gasteiger partial charge in [0.1, 0.15) is 18.1 Å². The first-order valence-corrected chi connectivity index (χ1v) is 8.71. The minimum Gasteiger partial charge on any atom is -0.491 e. The predicted molar refractivity (Wildman–Crippen MR) is 104 cm³/mol. The van der Waals surface area contributed by atoms with Gasteiger partial charge in [-0.2, -0.15) is 0 Å². The smallest absolute Gasteiger partial charge is 0.258 e. The second kappa shape index (κ2) is 8.39. The van der Waals surface area contributed by atoms with Gasteiger partial charge >= 0.3 is 0 Å². The molecule has 1 N–H and O–H groups in total. The molecule has 26 heavy (non-hydrogen) atoms. The van der Waals surface area contributed by atoms with E-state index in [9.17, 15) is 4.79 Å². The first kappa shape index (κ1) is 17.8. The van der Waals surface area contributed by atoms with Gasteiger partial charge in [0, 0.05) is 5.39 Å². The monoisotopic (exact) mass is 349 g/mol. The largest absolute Gasteiger partial charge is 0.491 e. The summed E-state index contributed by atoms with van der Waals surface area (Å²) >= 11 is 0. The van der Waals surface area contributed by atoms with E-state index in [-0.39, 0.29) is 12.5 Å². The normalized spacial score (nSPS) is 10.5. The Bertz CT molecular complexity index is 900. The molecule has 0 atom stereocenters. The van der Waals surface area contributed by atoms with Crippen LogP contribution in [0.4, 0.5) is 0 Å². The van der Waals surface area contributed by atoms with E-state index < -0.39 is 0 Å². The zero-order valence-electron chi connectivity index (χ0n) is 15.1. The molecule has 0 saturated heterocycles. The van der Waals surface area contributed by atoms with Gasteiger partial charge in [0.15, 0.2) is 6.61 Å². The van der Waals surface area contributed by atoms with Gasteiger partial charge in [-0.15, -0.1) is 0 Å². The lowest BCUT2D eigenvalue weighted by Crippen LogP contribution is -2.32. The van der Waals surface area contributed by atoms with E-state index >= 15 is 0 Å². The highest BCUT2D eigenvalue weighted by atomic mass is 16.5. The van der Waals surface area contributed by atoms with Crippen LogP contribution >= 0.6 is 0 Å². The van der Waals surface area contributed by atoms with Gasteiger partial charge in [-0.05, 0) is 42.5 Å². The van der Waals surface area contributed by atoms with E-state index in [0.29, 0.717) is 13.2 Å². The van der Waals surface area contributed by atoms with Gasteiger partial charge in [-0.3, -0.25) is 4.79 Å². The van der Waals surface area contributed by atoms with Crippen LogP contribution in [0, 0.1) is 13.8 Å². The van der Waals surface area contributed by atoms with Crippen molar-refractivity contribution >= 4 is 16.7 Å². The van der Waals surface area contributed by atoms with Gasteiger partial charge in [-0.1, -0.05) is 48.5 Å². The maximum Gasteiger partial charge on any atom is 0.258 e. The number of hydrogen-bond donors (Lipinski definition) is 1. The number of carbonyl (C=O) groups is 1. The Hall–Kier alpha value is -3.01. The van der Waals surface area contributed by atoms with Gasteiger partial charge in [0.25, 0.3) is 5.91 Å². The number of amides is 1.